The number of nitrogens with one attached hydrogen (secondary N) is 1. The van der Waals surface area contributed by atoms with E-state index in [1.807, 2.05) is 43.3 Å². The number of hydrogen-bond donors (Lipinski definition) is 2. The van der Waals surface area contributed by atoms with Crippen LogP contribution >= 0.6 is 11.6 Å². The van der Waals surface area contributed by atoms with Crippen LogP contribution in [0.3, 0.4) is 0 Å². The number of nitrogens with zero attached hydrogens (tertiary/aromatic N) is 1. The third kappa shape index (κ3) is 3.71. The van der Waals surface area contributed by atoms with E-state index in [0.717, 1.165) is 42.9 Å². The molecule has 4 nitrogen and oxygen atoms in total. The molecule has 1 aliphatic rings. The number of anilines is 2. The van der Waals surface area contributed by atoms with Crippen LogP contribution in [0.25, 0.3) is 0 Å². The zero-order chi connectivity index (χ0) is 17.1. The molecule has 1 amide bonds. The van der Waals surface area contributed by atoms with Gasteiger partial charge in [-0.2, -0.15) is 0 Å². The topological polar surface area (TPSA) is 52.6 Å². The summed E-state index contributed by atoms with van der Waals surface area (Å²) in [5.74, 6) is -0.152. The first-order valence-corrected chi connectivity index (χ1v) is 8.52. The van der Waals surface area contributed by atoms with Crippen LogP contribution in [0.5, 0.6) is 0 Å². The molecule has 1 saturated heterocycles. The molecule has 1 aliphatic heterocycles. The summed E-state index contributed by atoms with van der Waals surface area (Å²) in [7, 11) is 0. The molecule has 0 aromatic heterocycles. The van der Waals surface area contributed by atoms with Crippen molar-refractivity contribution >= 4 is 28.9 Å². The van der Waals surface area contributed by atoms with Crippen molar-refractivity contribution in [1.29, 1.82) is 0 Å². The summed E-state index contributed by atoms with van der Waals surface area (Å²) >= 11 is 6.09. The molecule has 0 bridgehead atoms. The molecule has 1 fully saturated rings. The average Bonchev–Trinajstić information content (AvgIpc) is 2.60. The van der Waals surface area contributed by atoms with Gasteiger partial charge in [0.1, 0.15) is 0 Å². The molecule has 2 aromatic rings. The summed E-state index contributed by atoms with van der Waals surface area (Å²) in [5, 5.41) is 13.1. The van der Waals surface area contributed by atoms with E-state index in [2.05, 4.69) is 10.2 Å². The molecule has 0 atom stereocenters. The Morgan fingerprint density at radius 3 is 2.50 bits per heavy atom. The minimum Gasteiger partial charge on any atom is -0.393 e. The summed E-state index contributed by atoms with van der Waals surface area (Å²) in [6.07, 6.45) is 1.39. The van der Waals surface area contributed by atoms with Crippen molar-refractivity contribution in [2.75, 3.05) is 23.3 Å². The first-order chi connectivity index (χ1) is 11.5. The van der Waals surface area contributed by atoms with E-state index in [1.54, 1.807) is 6.07 Å². The molecule has 0 spiro atoms. The minimum absolute atomic E-state index is 0.152. The van der Waals surface area contributed by atoms with Gasteiger partial charge in [-0.25, -0.2) is 0 Å². The Morgan fingerprint density at radius 1 is 1.17 bits per heavy atom. The van der Waals surface area contributed by atoms with Crippen LogP contribution in [0.15, 0.2) is 42.5 Å². The van der Waals surface area contributed by atoms with E-state index in [0.29, 0.717) is 10.6 Å². The summed E-state index contributed by atoms with van der Waals surface area (Å²) in [4.78, 5) is 14.6. The number of aliphatic hydroxyl groups is 1. The molecule has 2 aromatic carbocycles. The zero-order valence-electron chi connectivity index (χ0n) is 13.6. The van der Waals surface area contributed by atoms with E-state index in [1.165, 1.54) is 0 Å². The molecule has 0 saturated carbocycles. The van der Waals surface area contributed by atoms with Gasteiger partial charge in [-0.15, -0.1) is 0 Å². The fraction of sp³-hybridized carbons (Fsp3) is 0.316. The molecule has 126 valence electrons. The van der Waals surface area contributed by atoms with E-state index in [9.17, 15) is 9.90 Å². The van der Waals surface area contributed by atoms with E-state index in [-0.39, 0.29) is 12.0 Å². The standard InChI is InChI=1S/C19H21ClN2O2/c1-13-17(20)3-2-4-18(13)21-19(24)14-5-7-15(8-6-14)22-11-9-16(23)10-12-22/h2-8,16,23H,9-12H2,1H3,(H,21,24). The highest BCUT2D eigenvalue weighted by Gasteiger charge is 2.17. The molecular weight excluding hydrogens is 324 g/mol. The first kappa shape index (κ1) is 16.8. The second kappa shape index (κ2) is 7.24. The van der Waals surface area contributed by atoms with Gasteiger partial charge in [-0.05, 0) is 61.7 Å². The smallest absolute Gasteiger partial charge is 0.255 e. The van der Waals surface area contributed by atoms with Gasteiger partial charge in [0.05, 0.1) is 6.10 Å². The number of carbonyl (C=O) groups excluding carboxylic acids is 1. The summed E-state index contributed by atoms with van der Waals surface area (Å²) in [6.45, 7) is 3.56. The Labute approximate surface area is 147 Å². The molecule has 3 rings (SSSR count). The summed E-state index contributed by atoms with van der Waals surface area (Å²) in [5.41, 5.74) is 3.27. The summed E-state index contributed by atoms with van der Waals surface area (Å²) < 4.78 is 0. The number of hydrogen-bond acceptors (Lipinski definition) is 3. The number of benzene rings is 2. The monoisotopic (exact) mass is 344 g/mol. The van der Waals surface area contributed by atoms with Crippen LogP contribution in [0.2, 0.25) is 5.02 Å². The van der Waals surface area contributed by atoms with E-state index >= 15 is 0 Å². The largest absolute Gasteiger partial charge is 0.393 e. The maximum Gasteiger partial charge on any atom is 0.255 e. The number of halogens is 1. The Bertz CT molecular complexity index is 723. The highest BCUT2D eigenvalue weighted by Crippen LogP contribution is 2.24. The predicted molar refractivity (Wildman–Crippen MR) is 98.0 cm³/mol. The van der Waals surface area contributed by atoms with Gasteiger partial charge in [0.25, 0.3) is 5.91 Å². The van der Waals surface area contributed by atoms with Crippen LogP contribution in [0.1, 0.15) is 28.8 Å². The fourth-order valence-electron chi connectivity index (χ4n) is 2.89. The van der Waals surface area contributed by atoms with Gasteiger partial charge >= 0.3 is 0 Å². The predicted octanol–water partition coefficient (Wildman–Crippen LogP) is 3.86. The number of amides is 1. The lowest BCUT2D eigenvalue weighted by Crippen LogP contribution is -2.35. The lowest BCUT2D eigenvalue weighted by atomic mass is 10.1. The highest BCUT2D eigenvalue weighted by atomic mass is 35.5. The minimum atomic E-state index is -0.188. The first-order valence-electron chi connectivity index (χ1n) is 8.14. The van der Waals surface area contributed by atoms with Crippen LogP contribution in [-0.4, -0.2) is 30.2 Å². The van der Waals surface area contributed by atoms with Crippen molar-refractivity contribution in [1.82, 2.24) is 0 Å². The second-order valence-corrected chi connectivity index (χ2v) is 6.54. The van der Waals surface area contributed by atoms with E-state index in [4.69, 9.17) is 11.6 Å². The molecule has 0 unspecified atom stereocenters. The van der Waals surface area contributed by atoms with Gasteiger partial charge in [-0.3, -0.25) is 4.79 Å². The van der Waals surface area contributed by atoms with Crippen LogP contribution in [-0.2, 0) is 0 Å². The van der Waals surface area contributed by atoms with Crippen LogP contribution in [0, 0.1) is 6.92 Å². The van der Waals surface area contributed by atoms with Gasteiger partial charge in [-0.1, -0.05) is 17.7 Å². The van der Waals surface area contributed by atoms with Crippen molar-refractivity contribution in [3.8, 4) is 0 Å². The quantitative estimate of drug-likeness (QED) is 0.888. The van der Waals surface area contributed by atoms with Gasteiger partial charge in [0.15, 0.2) is 0 Å². The normalized spacial score (nSPS) is 15.4. The number of piperidine rings is 1. The maximum atomic E-state index is 12.4. The van der Waals surface area contributed by atoms with Gasteiger partial charge < -0.3 is 15.3 Å². The van der Waals surface area contributed by atoms with E-state index < -0.39 is 0 Å². The summed E-state index contributed by atoms with van der Waals surface area (Å²) in [6, 6.07) is 13.0. The number of rotatable bonds is 3. The van der Waals surface area contributed by atoms with Crippen molar-refractivity contribution in [3.05, 3.63) is 58.6 Å². The fourth-order valence-corrected chi connectivity index (χ4v) is 3.06. The lowest BCUT2D eigenvalue weighted by molar-refractivity contribution is 0.102. The maximum absolute atomic E-state index is 12.4. The Morgan fingerprint density at radius 2 is 1.83 bits per heavy atom. The Kier molecular flexibility index (Phi) is 5.07. The third-order valence-electron chi connectivity index (χ3n) is 4.48. The molecular formula is C19H21ClN2O2. The number of aliphatic hydroxyl groups excluding tert-OH is 1. The van der Waals surface area contributed by atoms with Crippen LogP contribution < -0.4 is 10.2 Å². The van der Waals surface area contributed by atoms with Crippen molar-refractivity contribution in [2.45, 2.75) is 25.9 Å². The Balaban J connectivity index is 1.69. The van der Waals surface area contributed by atoms with Crippen molar-refractivity contribution < 1.29 is 9.90 Å². The molecule has 0 radical (unpaired) electrons. The Hall–Kier alpha value is -2.04. The highest BCUT2D eigenvalue weighted by molar-refractivity contribution is 6.31. The van der Waals surface area contributed by atoms with Crippen molar-refractivity contribution in [3.63, 3.8) is 0 Å². The molecule has 0 aliphatic carbocycles. The van der Waals surface area contributed by atoms with Gasteiger partial charge in [0.2, 0.25) is 0 Å². The molecule has 5 heteroatoms. The van der Waals surface area contributed by atoms with Crippen LogP contribution in [0.4, 0.5) is 11.4 Å². The van der Waals surface area contributed by atoms with Gasteiger partial charge in [0, 0.05) is 35.1 Å². The molecule has 24 heavy (non-hydrogen) atoms. The number of carbonyl (C=O) groups is 1. The lowest BCUT2D eigenvalue weighted by Gasteiger charge is -2.31. The SMILES string of the molecule is Cc1c(Cl)cccc1NC(=O)c1ccc(N2CCC(O)CC2)cc1. The second-order valence-electron chi connectivity index (χ2n) is 6.13. The average molecular weight is 345 g/mol. The molecule has 1 heterocycles. The third-order valence-corrected chi connectivity index (χ3v) is 4.88. The zero-order valence-corrected chi connectivity index (χ0v) is 14.4. The molecule has 2 N–H and O–H groups in total. The van der Waals surface area contributed by atoms with Crippen molar-refractivity contribution in [2.24, 2.45) is 0 Å².